The van der Waals surface area contributed by atoms with Gasteiger partial charge in [-0.05, 0) is 12.8 Å². The van der Waals surface area contributed by atoms with E-state index in [0.29, 0.717) is 12.8 Å². The smallest absolute Gasteiger partial charge is 0.307 e. The monoisotopic (exact) mass is 593 g/mol. The molecule has 10 nitrogen and oxygen atoms in total. The Hall–Kier alpha value is -1.03. The first-order chi connectivity index (χ1) is 19.3. The summed E-state index contributed by atoms with van der Waals surface area (Å²) < 4.78 is 31.8. The highest BCUT2D eigenvalue weighted by Gasteiger charge is 2.19. The summed E-state index contributed by atoms with van der Waals surface area (Å²) in [5, 5.41) is 2.73. The van der Waals surface area contributed by atoms with E-state index in [1.165, 1.54) is 70.6 Å². The molecule has 0 fully saturated rings. The molecule has 0 saturated heterocycles. The zero-order chi connectivity index (χ0) is 29.7. The first kappa shape index (κ1) is 39.0. The molecule has 0 radical (unpaired) electrons. The van der Waals surface area contributed by atoms with Crippen molar-refractivity contribution in [3.63, 3.8) is 0 Å². The zero-order valence-corrected chi connectivity index (χ0v) is 26.2. The molecule has 0 bridgehead atoms. The maximum Gasteiger partial charge on any atom is 0.307 e. The van der Waals surface area contributed by atoms with Gasteiger partial charge in [0.25, 0.3) is 7.82 Å². The highest BCUT2D eigenvalue weighted by molar-refractivity contribution is 7.45. The minimum atomic E-state index is -4.60. The molecule has 0 aliphatic rings. The Labute approximate surface area is 243 Å². The van der Waals surface area contributed by atoms with Crippen LogP contribution in [0.15, 0.2) is 0 Å². The van der Waals surface area contributed by atoms with E-state index in [1.807, 2.05) is 0 Å². The number of ether oxygens (including phenoxy) is 2. The summed E-state index contributed by atoms with van der Waals surface area (Å²) in [6.07, 6.45) is 19.9. The first-order valence-electron chi connectivity index (χ1n) is 15.7. The normalized spacial score (nSPS) is 13.6. The van der Waals surface area contributed by atoms with E-state index in [1.54, 1.807) is 0 Å². The molecule has 2 atom stereocenters. The SMILES string of the molecule is CCCCCCCCCCCC(=O)OCN[C@H](COP(=O)([O-])OCCN)OC(=O)CCCCCCCCCCC. The first-order valence-corrected chi connectivity index (χ1v) is 17.2. The minimum absolute atomic E-state index is 0.0138. The number of carbonyl (C=O) groups is 2. The third-order valence-corrected chi connectivity index (χ3v) is 7.50. The number of unbranched alkanes of at least 4 members (excludes halogenated alkanes) is 16. The van der Waals surface area contributed by atoms with Crippen molar-refractivity contribution in [3.8, 4) is 0 Å². The van der Waals surface area contributed by atoms with Crippen molar-refractivity contribution in [1.29, 1.82) is 0 Å². The average molecular weight is 594 g/mol. The van der Waals surface area contributed by atoms with Crippen LogP contribution in [0.3, 0.4) is 0 Å². The predicted octanol–water partition coefficient (Wildman–Crippen LogP) is 6.25. The molecule has 3 N–H and O–H groups in total. The molecule has 0 aromatic carbocycles. The van der Waals surface area contributed by atoms with E-state index < -0.39 is 26.6 Å². The van der Waals surface area contributed by atoms with Crippen LogP contribution in [-0.4, -0.2) is 44.7 Å². The lowest BCUT2D eigenvalue weighted by molar-refractivity contribution is -0.228. The van der Waals surface area contributed by atoms with Crippen LogP contribution in [0.4, 0.5) is 0 Å². The molecule has 0 saturated carbocycles. The molecule has 0 heterocycles. The van der Waals surface area contributed by atoms with Gasteiger partial charge in [-0.25, -0.2) is 5.32 Å². The number of rotatable bonds is 30. The fourth-order valence-corrected chi connectivity index (χ4v) is 4.88. The van der Waals surface area contributed by atoms with Gasteiger partial charge in [-0.1, -0.05) is 117 Å². The van der Waals surface area contributed by atoms with Gasteiger partial charge < -0.3 is 29.1 Å². The zero-order valence-electron chi connectivity index (χ0n) is 25.3. The van der Waals surface area contributed by atoms with Gasteiger partial charge in [0, 0.05) is 19.4 Å². The molecule has 11 heteroatoms. The number of hydrogen-bond donors (Lipinski definition) is 2. The molecule has 1 unspecified atom stereocenters. The van der Waals surface area contributed by atoms with Crippen molar-refractivity contribution < 1.29 is 37.6 Å². The van der Waals surface area contributed by atoms with E-state index in [-0.39, 0.29) is 32.3 Å². The third kappa shape index (κ3) is 27.2. The summed E-state index contributed by atoms with van der Waals surface area (Å²) >= 11 is 0. The lowest BCUT2D eigenvalue weighted by Crippen LogP contribution is -2.40. The minimum Gasteiger partial charge on any atom is -0.756 e. The fraction of sp³-hybridized carbons (Fsp3) is 0.931. The summed E-state index contributed by atoms with van der Waals surface area (Å²) in [5.41, 5.74) is 5.27. The Bertz CT molecular complexity index is 654. The van der Waals surface area contributed by atoms with Crippen LogP contribution in [0.2, 0.25) is 0 Å². The van der Waals surface area contributed by atoms with Crippen LogP contribution in [0.25, 0.3) is 0 Å². The number of hydrogen-bond acceptors (Lipinski definition) is 10. The van der Waals surface area contributed by atoms with E-state index in [4.69, 9.17) is 19.7 Å². The summed E-state index contributed by atoms with van der Waals surface area (Å²) in [4.78, 5) is 36.2. The Morgan fingerprint density at radius 1 is 0.725 bits per heavy atom. The summed E-state index contributed by atoms with van der Waals surface area (Å²) in [6.45, 7) is 3.46. The predicted molar refractivity (Wildman–Crippen MR) is 156 cm³/mol. The highest BCUT2D eigenvalue weighted by Crippen LogP contribution is 2.37. The Kier molecular flexibility index (Phi) is 27.4. The number of phosphoric acid groups is 1. The molecule has 0 aliphatic heterocycles. The second-order valence-electron chi connectivity index (χ2n) is 10.4. The number of esters is 2. The van der Waals surface area contributed by atoms with Crippen LogP contribution in [-0.2, 0) is 32.7 Å². The van der Waals surface area contributed by atoms with Crippen LogP contribution in [0.5, 0.6) is 0 Å². The van der Waals surface area contributed by atoms with Crippen LogP contribution in [0.1, 0.15) is 142 Å². The van der Waals surface area contributed by atoms with Gasteiger partial charge >= 0.3 is 11.9 Å². The molecule has 0 aromatic rings. The van der Waals surface area contributed by atoms with Crippen molar-refractivity contribution in [1.82, 2.24) is 5.32 Å². The van der Waals surface area contributed by atoms with Crippen molar-refractivity contribution in [2.45, 2.75) is 148 Å². The molecular formula is C29H58N2O8P-. The standard InChI is InChI=1S/C29H59N2O8P/c1-3-5-7-9-11-13-15-17-19-21-28(32)36-26-31-27(25-38-40(34,35)37-24-23-30)39-29(33)22-20-18-16-14-12-10-8-6-4-2/h27,31H,3-26,30H2,1-2H3,(H,34,35)/p-1/t27-/m0/s1. The maximum absolute atomic E-state index is 12.3. The average Bonchev–Trinajstić information content (AvgIpc) is 2.93. The Morgan fingerprint density at radius 3 is 1.65 bits per heavy atom. The van der Waals surface area contributed by atoms with Crippen LogP contribution >= 0.6 is 7.82 Å². The number of nitrogens with one attached hydrogen (secondary N) is 1. The molecule has 0 aliphatic carbocycles. The van der Waals surface area contributed by atoms with Crippen molar-refractivity contribution in [2.75, 3.05) is 26.5 Å². The van der Waals surface area contributed by atoms with Gasteiger partial charge in [-0.15, -0.1) is 0 Å². The van der Waals surface area contributed by atoms with Gasteiger partial charge in [-0.2, -0.15) is 0 Å². The third-order valence-electron chi connectivity index (χ3n) is 6.54. The lowest BCUT2D eigenvalue weighted by Gasteiger charge is -2.26. The van der Waals surface area contributed by atoms with E-state index >= 15 is 0 Å². The topological polar surface area (TPSA) is 149 Å². The summed E-state index contributed by atoms with van der Waals surface area (Å²) in [6, 6.07) is 0. The quantitative estimate of drug-likeness (QED) is 0.0423. The second kappa shape index (κ2) is 28.1. The van der Waals surface area contributed by atoms with Gasteiger partial charge in [0.2, 0.25) is 0 Å². The number of phosphoric ester groups is 1. The largest absolute Gasteiger partial charge is 0.756 e. The molecule has 0 aromatic heterocycles. The molecular weight excluding hydrogens is 535 g/mol. The Morgan fingerprint density at radius 2 is 1.18 bits per heavy atom. The fourth-order valence-electron chi connectivity index (χ4n) is 4.16. The summed E-state index contributed by atoms with van der Waals surface area (Å²) in [5.74, 6) is -0.842. The number of nitrogens with two attached hydrogens (primary N) is 1. The molecule has 40 heavy (non-hydrogen) atoms. The van der Waals surface area contributed by atoms with E-state index in [0.717, 1.165) is 38.5 Å². The molecule has 0 amide bonds. The van der Waals surface area contributed by atoms with Crippen LogP contribution in [0, 0.1) is 0 Å². The van der Waals surface area contributed by atoms with Gasteiger partial charge in [0.05, 0.1) is 6.61 Å². The number of carbonyl (C=O) groups excluding carboxylic acids is 2. The van der Waals surface area contributed by atoms with Crippen molar-refractivity contribution in [3.05, 3.63) is 0 Å². The van der Waals surface area contributed by atoms with Crippen molar-refractivity contribution >= 4 is 19.8 Å². The van der Waals surface area contributed by atoms with Gasteiger partial charge in [0.15, 0.2) is 6.23 Å². The van der Waals surface area contributed by atoms with Crippen molar-refractivity contribution in [2.24, 2.45) is 5.73 Å². The molecule has 238 valence electrons. The Balaban J connectivity index is 4.29. The van der Waals surface area contributed by atoms with Gasteiger partial charge in [-0.3, -0.25) is 14.2 Å². The maximum atomic E-state index is 12.3. The molecule has 0 spiro atoms. The second-order valence-corrected chi connectivity index (χ2v) is 11.8. The lowest BCUT2D eigenvalue weighted by atomic mass is 10.1. The van der Waals surface area contributed by atoms with E-state index in [2.05, 4.69) is 23.7 Å². The molecule has 0 rings (SSSR count). The van der Waals surface area contributed by atoms with Crippen LogP contribution < -0.4 is 15.9 Å². The highest BCUT2D eigenvalue weighted by atomic mass is 31.2. The summed E-state index contributed by atoms with van der Waals surface area (Å²) in [7, 11) is -4.60. The van der Waals surface area contributed by atoms with Gasteiger partial charge in [0.1, 0.15) is 13.3 Å². The van der Waals surface area contributed by atoms with E-state index in [9.17, 15) is 19.0 Å².